The van der Waals surface area contributed by atoms with E-state index in [1.54, 1.807) is 0 Å². The average Bonchev–Trinajstić information content (AvgIpc) is 2.73. The monoisotopic (exact) mass is 289 g/mol. The van der Waals surface area contributed by atoms with E-state index in [2.05, 4.69) is 6.07 Å². The highest BCUT2D eigenvalue weighted by atomic mass is 35.5. The molecular weight excluding hydrogens is 278 g/mol. The average molecular weight is 290 g/mol. The Morgan fingerprint density at radius 3 is 2.42 bits per heavy atom. The van der Waals surface area contributed by atoms with Crippen LogP contribution in [0.2, 0.25) is 5.02 Å². The van der Waals surface area contributed by atoms with E-state index in [1.165, 1.54) is 11.3 Å². The summed E-state index contributed by atoms with van der Waals surface area (Å²) in [6.07, 6.45) is 0. The first-order valence-corrected chi connectivity index (χ1v) is 7.04. The first-order valence-electron chi connectivity index (χ1n) is 5.78. The number of nitrogens with zero attached hydrogens (tertiary/aromatic N) is 1. The lowest BCUT2D eigenvalue weighted by Gasteiger charge is -2.08. The molecule has 4 heteroatoms. The Morgan fingerprint density at radius 2 is 1.95 bits per heavy atom. The van der Waals surface area contributed by atoms with Gasteiger partial charge in [0.15, 0.2) is 5.78 Å². The molecule has 1 aromatic carbocycles. The number of nitriles is 1. The van der Waals surface area contributed by atoms with Gasteiger partial charge in [-0.15, -0.1) is 11.3 Å². The van der Waals surface area contributed by atoms with Crippen molar-refractivity contribution >= 4 is 28.7 Å². The van der Waals surface area contributed by atoms with Crippen LogP contribution in [-0.2, 0) is 0 Å². The second-order valence-corrected chi connectivity index (χ2v) is 5.66. The van der Waals surface area contributed by atoms with Crippen LogP contribution in [-0.4, -0.2) is 5.78 Å². The highest BCUT2D eigenvalue weighted by Gasteiger charge is 2.25. The maximum Gasteiger partial charge on any atom is 0.195 e. The van der Waals surface area contributed by atoms with Gasteiger partial charge in [-0.05, 0) is 30.4 Å². The number of carbonyl (C=O) groups excluding carboxylic acids is 1. The number of halogens is 1. The summed E-state index contributed by atoms with van der Waals surface area (Å²) in [4.78, 5) is 12.9. The van der Waals surface area contributed by atoms with E-state index in [9.17, 15) is 10.1 Å². The van der Waals surface area contributed by atoms with Crippen LogP contribution in [0, 0.1) is 25.2 Å². The van der Waals surface area contributed by atoms with Crippen LogP contribution < -0.4 is 0 Å². The summed E-state index contributed by atoms with van der Waals surface area (Å²) in [5.74, 6) is -1.02. The molecule has 0 saturated heterocycles. The zero-order valence-corrected chi connectivity index (χ0v) is 12.2. The fourth-order valence-electron chi connectivity index (χ4n) is 1.77. The first-order chi connectivity index (χ1) is 9.04. The van der Waals surface area contributed by atoms with Gasteiger partial charge in [-0.25, -0.2) is 0 Å². The molecule has 96 valence electrons. The molecule has 0 fully saturated rings. The lowest BCUT2D eigenvalue weighted by molar-refractivity contribution is 0.0983. The van der Waals surface area contributed by atoms with Crippen LogP contribution >= 0.6 is 22.9 Å². The highest BCUT2D eigenvalue weighted by molar-refractivity contribution is 7.13. The van der Waals surface area contributed by atoms with Crippen molar-refractivity contribution in [2.75, 3.05) is 0 Å². The van der Waals surface area contributed by atoms with Gasteiger partial charge >= 0.3 is 0 Å². The van der Waals surface area contributed by atoms with Crippen molar-refractivity contribution in [2.24, 2.45) is 0 Å². The van der Waals surface area contributed by atoms with Gasteiger partial charge in [0, 0.05) is 0 Å². The Morgan fingerprint density at radius 1 is 1.32 bits per heavy atom. The molecule has 2 nitrogen and oxygen atoms in total. The van der Waals surface area contributed by atoms with Crippen molar-refractivity contribution in [1.29, 1.82) is 5.26 Å². The summed E-state index contributed by atoms with van der Waals surface area (Å²) < 4.78 is 0. The largest absolute Gasteiger partial charge is 0.291 e. The normalized spacial score (nSPS) is 11.9. The van der Waals surface area contributed by atoms with Crippen LogP contribution in [0.4, 0.5) is 0 Å². The van der Waals surface area contributed by atoms with Crippen molar-refractivity contribution in [3.63, 3.8) is 0 Å². The topological polar surface area (TPSA) is 40.9 Å². The van der Waals surface area contributed by atoms with E-state index in [0.717, 1.165) is 11.1 Å². The molecule has 19 heavy (non-hydrogen) atoms. The van der Waals surface area contributed by atoms with E-state index in [4.69, 9.17) is 11.6 Å². The number of rotatable bonds is 3. The smallest absolute Gasteiger partial charge is 0.195 e. The van der Waals surface area contributed by atoms with Crippen LogP contribution in [0.1, 0.15) is 32.3 Å². The maximum atomic E-state index is 12.4. The Balaban J connectivity index is 2.38. The van der Waals surface area contributed by atoms with Gasteiger partial charge in [0.1, 0.15) is 5.92 Å². The number of ketones is 1. The van der Waals surface area contributed by atoms with Gasteiger partial charge in [0.2, 0.25) is 0 Å². The zero-order valence-electron chi connectivity index (χ0n) is 10.6. The summed E-state index contributed by atoms with van der Waals surface area (Å²) in [5, 5.41) is 11.6. The summed E-state index contributed by atoms with van der Waals surface area (Å²) in [7, 11) is 0. The van der Waals surface area contributed by atoms with Crippen LogP contribution in [0.15, 0.2) is 29.6 Å². The fraction of sp³-hybridized carbons (Fsp3) is 0.200. The third kappa shape index (κ3) is 2.70. The molecule has 0 spiro atoms. The number of Topliss-reactive ketones (excluding diaryl/α,β-unsaturated/α-hetero) is 1. The minimum Gasteiger partial charge on any atom is -0.291 e. The van der Waals surface area contributed by atoms with E-state index in [0.29, 0.717) is 15.5 Å². The summed E-state index contributed by atoms with van der Waals surface area (Å²) >= 11 is 7.39. The molecule has 0 saturated carbocycles. The van der Waals surface area contributed by atoms with Crippen molar-refractivity contribution < 1.29 is 4.79 Å². The minimum absolute atomic E-state index is 0.227. The van der Waals surface area contributed by atoms with Gasteiger partial charge in [0.25, 0.3) is 0 Å². The number of hydrogen-bond acceptors (Lipinski definition) is 3. The Bertz CT molecular complexity index is 652. The summed E-state index contributed by atoms with van der Waals surface area (Å²) in [5.41, 5.74) is 2.67. The Hall–Kier alpha value is -1.63. The third-order valence-electron chi connectivity index (χ3n) is 2.92. The molecule has 1 heterocycles. The van der Waals surface area contributed by atoms with E-state index < -0.39 is 5.92 Å². The van der Waals surface area contributed by atoms with Gasteiger partial charge in [-0.2, -0.15) is 5.26 Å². The minimum atomic E-state index is -0.795. The van der Waals surface area contributed by atoms with E-state index in [-0.39, 0.29) is 5.78 Å². The highest BCUT2D eigenvalue weighted by Crippen LogP contribution is 2.32. The molecular formula is C15H12ClNOS. The number of benzene rings is 1. The number of aryl methyl sites for hydroxylation is 2. The molecule has 0 aliphatic carbocycles. The van der Waals surface area contributed by atoms with Gasteiger partial charge in [-0.3, -0.25) is 4.79 Å². The molecule has 2 aromatic rings. The standard InChI is InChI=1S/C15H12ClNOS/c1-9-3-5-11(6-4-9)12(7-17)14(18)15-13(16)10(2)8-19-15/h3-6,8,12H,1-2H3. The second-order valence-electron chi connectivity index (χ2n) is 4.40. The molecule has 1 aromatic heterocycles. The molecule has 0 aliphatic rings. The Labute approximate surface area is 121 Å². The van der Waals surface area contributed by atoms with Crippen molar-refractivity contribution in [3.05, 3.63) is 56.2 Å². The predicted molar refractivity (Wildman–Crippen MR) is 77.9 cm³/mol. The zero-order chi connectivity index (χ0) is 14.0. The van der Waals surface area contributed by atoms with Gasteiger partial charge in [-0.1, -0.05) is 41.4 Å². The molecule has 1 unspecified atom stereocenters. The number of hydrogen-bond donors (Lipinski definition) is 0. The first kappa shape index (κ1) is 13.8. The van der Waals surface area contributed by atoms with Crippen molar-refractivity contribution in [3.8, 4) is 6.07 Å². The quantitative estimate of drug-likeness (QED) is 0.780. The van der Waals surface area contributed by atoms with E-state index in [1.807, 2.05) is 43.5 Å². The summed E-state index contributed by atoms with van der Waals surface area (Å²) in [6, 6.07) is 9.50. The van der Waals surface area contributed by atoms with Crippen molar-refractivity contribution in [1.82, 2.24) is 0 Å². The molecule has 0 aliphatic heterocycles. The molecule has 0 amide bonds. The number of carbonyl (C=O) groups is 1. The van der Waals surface area contributed by atoms with Crippen LogP contribution in [0.25, 0.3) is 0 Å². The lowest BCUT2D eigenvalue weighted by atomic mass is 9.94. The SMILES string of the molecule is Cc1ccc(C(C#N)C(=O)c2scc(C)c2Cl)cc1. The molecule has 1 atom stereocenters. The molecule has 2 rings (SSSR count). The van der Waals surface area contributed by atoms with E-state index >= 15 is 0 Å². The van der Waals surface area contributed by atoms with Gasteiger partial charge < -0.3 is 0 Å². The molecule has 0 N–H and O–H groups in total. The Kier molecular flexibility index (Phi) is 4.04. The van der Waals surface area contributed by atoms with Crippen LogP contribution in [0.5, 0.6) is 0 Å². The predicted octanol–water partition coefficient (Wildman–Crippen LogP) is 4.51. The van der Waals surface area contributed by atoms with Crippen LogP contribution in [0.3, 0.4) is 0 Å². The third-order valence-corrected chi connectivity index (χ3v) is 4.64. The van der Waals surface area contributed by atoms with Crippen molar-refractivity contribution in [2.45, 2.75) is 19.8 Å². The fourth-order valence-corrected chi connectivity index (χ4v) is 3.03. The lowest BCUT2D eigenvalue weighted by Crippen LogP contribution is -2.10. The summed E-state index contributed by atoms with van der Waals surface area (Å²) in [6.45, 7) is 3.81. The molecule has 0 radical (unpaired) electrons. The molecule has 0 bridgehead atoms. The van der Waals surface area contributed by atoms with Gasteiger partial charge in [0.05, 0.1) is 16.0 Å². The maximum absolute atomic E-state index is 12.4. The number of thiophene rings is 1. The second kappa shape index (κ2) is 5.56.